The van der Waals surface area contributed by atoms with Crippen molar-refractivity contribution in [1.29, 1.82) is 0 Å². The third-order valence-corrected chi connectivity index (χ3v) is 5.85. The van der Waals surface area contributed by atoms with Gasteiger partial charge in [0.25, 0.3) is 11.8 Å². The summed E-state index contributed by atoms with van der Waals surface area (Å²) < 4.78 is 0. The molecular weight excluding hydrogens is 454 g/mol. The molecule has 1 atom stereocenters. The van der Waals surface area contributed by atoms with Crippen molar-refractivity contribution in [2.45, 2.75) is 39.6 Å². The zero-order chi connectivity index (χ0) is 24.7. The first-order chi connectivity index (χ1) is 16.3. The standard InChI is InChI=1S/C25H34ClN5O3/c1-4-27-25(34)31-12-6-11-30(13-14-31)22-10-9-19(23(32)28-17(2)3)16-21(22)29-24(33)18-7-5-8-20(26)15-18/h5,7-10,15-17,25,27,34H,4,6,11-14H2,1-3H3,(H,28,32)(H,29,33). The molecule has 1 aliphatic heterocycles. The molecule has 184 valence electrons. The number of anilines is 2. The Bertz CT molecular complexity index is 1000. The van der Waals surface area contributed by atoms with E-state index >= 15 is 0 Å². The fourth-order valence-electron chi connectivity index (χ4n) is 3.96. The van der Waals surface area contributed by atoms with Crippen LogP contribution in [0, 0.1) is 0 Å². The third kappa shape index (κ3) is 6.93. The lowest BCUT2D eigenvalue weighted by molar-refractivity contribution is -0.0166. The molecule has 3 rings (SSSR count). The van der Waals surface area contributed by atoms with Gasteiger partial charge in [0.2, 0.25) is 0 Å². The summed E-state index contributed by atoms with van der Waals surface area (Å²) in [6.45, 7) is 9.28. The Morgan fingerprint density at radius 2 is 1.79 bits per heavy atom. The smallest absolute Gasteiger partial charge is 0.255 e. The van der Waals surface area contributed by atoms with Gasteiger partial charge in [-0.2, -0.15) is 0 Å². The van der Waals surface area contributed by atoms with E-state index < -0.39 is 6.35 Å². The summed E-state index contributed by atoms with van der Waals surface area (Å²) in [7, 11) is 0. The van der Waals surface area contributed by atoms with Crippen molar-refractivity contribution < 1.29 is 14.7 Å². The Balaban J connectivity index is 1.88. The van der Waals surface area contributed by atoms with Crippen LogP contribution in [0.4, 0.5) is 11.4 Å². The number of nitrogens with zero attached hydrogens (tertiary/aromatic N) is 2. The molecule has 0 aliphatic carbocycles. The first-order valence-corrected chi connectivity index (χ1v) is 12.1. The van der Waals surface area contributed by atoms with Gasteiger partial charge in [-0.15, -0.1) is 0 Å². The summed E-state index contributed by atoms with van der Waals surface area (Å²) in [5, 5.41) is 19.7. The number of carbonyl (C=O) groups excluding carboxylic acids is 2. The molecule has 2 amide bonds. The molecule has 8 nitrogen and oxygen atoms in total. The van der Waals surface area contributed by atoms with Crippen LogP contribution in [0.15, 0.2) is 42.5 Å². The fraction of sp³-hybridized carbons (Fsp3) is 0.440. The number of nitrogens with one attached hydrogen (secondary N) is 3. The first kappa shape index (κ1) is 26.0. The minimum absolute atomic E-state index is 0.00331. The van der Waals surface area contributed by atoms with Gasteiger partial charge in [-0.3, -0.25) is 19.8 Å². The van der Waals surface area contributed by atoms with Gasteiger partial charge < -0.3 is 20.6 Å². The van der Waals surface area contributed by atoms with Gasteiger partial charge in [-0.25, -0.2) is 0 Å². The quantitative estimate of drug-likeness (QED) is 0.427. The molecule has 0 bridgehead atoms. The molecule has 4 N–H and O–H groups in total. The number of rotatable bonds is 8. The van der Waals surface area contributed by atoms with Crippen molar-refractivity contribution in [1.82, 2.24) is 15.5 Å². The van der Waals surface area contributed by atoms with Crippen LogP contribution in [0.1, 0.15) is 47.9 Å². The zero-order valence-electron chi connectivity index (χ0n) is 20.0. The summed E-state index contributed by atoms with van der Waals surface area (Å²) in [5.74, 6) is -0.500. The normalized spacial score (nSPS) is 15.6. The number of carbonyl (C=O) groups is 2. The summed E-state index contributed by atoms with van der Waals surface area (Å²) in [5.41, 5.74) is 2.29. The van der Waals surface area contributed by atoms with Gasteiger partial charge in [-0.05, 0) is 63.2 Å². The molecule has 0 aromatic heterocycles. The Hall–Kier alpha value is -2.65. The molecule has 1 unspecified atom stereocenters. The highest BCUT2D eigenvalue weighted by molar-refractivity contribution is 6.31. The molecule has 1 heterocycles. The van der Waals surface area contributed by atoms with Crippen LogP contribution in [0.25, 0.3) is 0 Å². The van der Waals surface area contributed by atoms with Crippen LogP contribution in [0.2, 0.25) is 5.02 Å². The van der Waals surface area contributed by atoms with Crippen molar-refractivity contribution >= 4 is 34.8 Å². The molecule has 9 heteroatoms. The molecule has 1 fully saturated rings. The van der Waals surface area contributed by atoms with Gasteiger partial charge in [-0.1, -0.05) is 24.6 Å². The monoisotopic (exact) mass is 487 g/mol. The van der Waals surface area contributed by atoms with E-state index in [1.165, 1.54) is 0 Å². The lowest BCUT2D eigenvalue weighted by Gasteiger charge is -2.28. The van der Waals surface area contributed by atoms with Crippen molar-refractivity contribution in [3.8, 4) is 0 Å². The lowest BCUT2D eigenvalue weighted by Crippen LogP contribution is -2.47. The molecule has 2 aromatic rings. The first-order valence-electron chi connectivity index (χ1n) is 11.7. The second-order valence-corrected chi connectivity index (χ2v) is 9.07. The van der Waals surface area contributed by atoms with E-state index in [-0.39, 0.29) is 17.9 Å². The number of aliphatic hydroxyl groups excluding tert-OH is 1. The molecule has 0 radical (unpaired) electrons. The maximum absolute atomic E-state index is 13.0. The number of amides is 2. The maximum Gasteiger partial charge on any atom is 0.255 e. The zero-order valence-corrected chi connectivity index (χ0v) is 20.7. The van der Waals surface area contributed by atoms with Gasteiger partial charge in [0, 0.05) is 48.4 Å². The number of hydrogen-bond donors (Lipinski definition) is 4. The van der Waals surface area contributed by atoms with Crippen molar-refractivity contribution in [2.24, 2.45) is 0 Å². The van der Waals surface area contributed by atoms with Crippen molar-refractivity contribution in [2.75, 3.05) is 42.9 Å². The van der Waals surface area contributed by atoms with Crippen molar-refractivity contribution in [3.05, 3.63) is 58.6 Å². The Morgan fingerprint density at radius 3 is 2.50 bits per heavy atom. The van der Waals surface area contributed by atoms with Crippen LogP contribution in [-0.2, 0) is 0 Å². The summed E-state index contributed by atoms with van der Waals surface area (Å²) in [6.07, 6.45) is 0.161. The predicted molar refractivity (Wildman–Crippen MR) is 137 cm³/mol. The fourth-order valence-corrected chi connectivity index (χ4v) is 4.15. The van der Waals surface area contributed by atoms with E-state index in [4.69, 9.17) is 11.6 Å². The molecule has 1 saturated heterocycles. The van der Waals surface area contributed by atoms with E-state index in [0.29, 0.717) is 41.5 Å². The van der Waals surface area contributed by atoms with Gasteiger partial charge in [0.05, 0.1) is 11.4 Å². The van der Waals surface area contributed by atoms with Crippen LogP contribution >= 0.6 is 11.6 Å². The Morgan fingerprint density at radius 1 is 1.03 bits per heavy atom. The number of hydrogen-bond acceptors (Lipinski definition) is 6. The highest BCUT2D eigenvalue weighted by Gasteiger charge is 2.23. The molecular formula is C25H34ClN5O3. The second-order valence-electron chi connectivity index (χ2n) is 8.63. The predicted octanol–water partition coefficient (Wildman–Crippen LogP) is 3.13. The van der Waals surface area contributed by atoms with Crippen LogP contribution in [0.3, 0.4) is 0 Å². The summed E-state index contributed by atoms with van der Waals surface area (Å²) in [6, 6.07) is 12.1. The minimum Gasteiger partial charge on any atom is -0.369 e. The topological polar surface area (TPSA) is 96.9 Å². The largest absolute Gasteiger partial charge is 0.369 e. The summed E-state index contributed by atoms with van der Waals surface area (Å²) >= 11 is 6.07. The van der Waals surface area contributed by atoms with E-state index in [1.807, 2.05) is 31.7 Å². The molecule has 0 saturated carbocycles. The van der Waals surface area contributed by atoms with Gasteiger partial charge in [0.15, 0.2) is 6.35 Å². The van der Waals surface area contributed by atoms with Gasteiger partial charge in [0.1, 0.15) is 0 Å². The highest BCUT2D eigenvalue weighted by atomic mass is 35.5. The summed E-state index contributed by atoms with van der Waals surface area (Å²) in [4.78, 5) is 29.8. The average Bonchev–Trinajstić information content (AvgIpc) is 3.05. The Labute approximate surface area is 206 Å². The molecule has 2 aromatic carbocycles. The average molecular weight is 488 g/mol. The minimum atomic E-state index is -0.686. The highest BCUT2D eigenvalue weighted by Crippen LogP contribution is 2.29. The SMILES string of the molecule is CCNC(O)N1CCCN(c2ccc(C(=O)NC(C)C)cc2NC(=O)c2cccc(Cl)c2)CC1. The van der Waals surface area contributed by atoms with Crippen LogP contribution in [-0.4, -0.2) is 66.9 Å². The van der Waals surface area contributed by atoms with Crippen LogP contribution in [0.5, 0.6) is 0 Å². The number of aliphatic hydroxyl groups is 1. The lowest BCUT2D eigenvalue weighted by atomic mass is 10.1. The van der Waals surface area contributed by atoms with E-state index in [2.05, 4.69) is 20.9 Å². The van der Waals surface area contributed by atoms with E-state index in [1.54, 1.807) is 36.4 Å². The maximum atomic E-state index is 13.0. The number of benzene rings is 2. The van der Waals surface area contributed by atoms with Crippen molar-refractivity contribution in [3.63, 3.8) is 0 Å². The van der Waals surface area contributed by atoms with Gasteiger partial charge >= 0.3 is 0 Å². The van der Waals surface area contributed by atoms with Crippen LogP contribution < -0.4 is 20.9 Å². The number of halogens is 1. The van der Waals surface area contributed by atoms with E-state index in [0.717, 1.165) is 25.2 Å². The third-order valence-electron chi connectivity index (χ3n) is 5.62. The van der Waals surface area contributed by atoms with E-state index in [9.17, 15) is 14.7 Å². The second kappa shape index (κ2) is 12.2. The Kier molecular flexibility index (Phi) is 9.29. The molecule has 34 heavy (non-hydrogen) atoms. The molecule has 1 aliphatic rings. The molecule has 0 spiro atoms.